The van der Waals surface area contributed by atoms with E-state index in [9.17, 15) is 10.1 Å². The van der Waals surface area contributed by atoms with Gasteiger partial charge in [-0.3, -0.25) is 10.1 Å². The van der Waals surface area contributed by atoms with E-state index in [1.807, 2.05) is 6.92 Å². The fourth-order valence-corrected chi connectivity index (χ4v) is 1.19. The Hall–Kier alpha value is -1.13. The van der Waals surface area contributed by atoms with Gasteiger partial charge in [-0.25, -0.2) is 0 Å². The van der Waals surface area contributed by atoms with Gasteiger partial charge < -0.3 is 5.73 Å². The summed E-state index contributed by atoms with van der Waals surface area (Å²) in [4.78, 5) is 10.2. The van der Waals surface area contributed by atoms with Crippen LogP contribution in [-0.4, -0.2) is 4.92 Å². The van der Waals surface area contributed by atoms with Crippen LogP contribution in [0.4, 0.5) is 5.69 Å². The van der Waals surface area contributed by atoms with Crippen LogP contribution in [-0.2, 0) is 0 Å². The number of halogens is 1. The summed E-state index contributed by atoms with van der Waals surface area (Å²) in [6, 6.07) is 6.33. The number of benzene rings is 1. The third-order valence-corrected chi connectivity index (χ3v) is 1.97. The van der Waals surface area contributed by atoms with Gasteiger partial charge in [0.25, 0.3) is 5.69 Å². The minimum Gasteiger partial charge on any atom is -0.324 e. The van der Waals surface area contributed by atoms with Crippen LogP contribution in [0.2, 0.25) is 0 Å². The molecule has 1 rings (SSSR count). The smallest absolute Gasteiger partial charge is 0.274 e. The van der Waals surface area contributed by atoms with Crippen molar-refractivity contribution in [3.63, 3.8) is 0 Å². The Kier molecular flexibility index (Phi) is 5.12. The summed E-state index contributed by atoms with van der Waals surface area (Å²) in [5.41, 5.74) is 6.44. The van der Waals surface area contributed by atoms with Crippen LogP contribution in [0.5, 0.6) is 0 Å². The Morgan fingerprint density at radius 1 is 1.50 bits per heavy atom. The van der Waals surface area contributed by atoms with Gasteiger partial charge in [0.15, 0.2) is 0 Å². The van der Waals surface area contributed by atoms with Gasteiger partial charge in [-0.1, -0.05) is 25.1 Å². The molecule has 0 aliphatic carbocycles. The Morgan fingerprint density at radius 3 is 2.57 bits per heavy atom. The van der Waals surface area contributed by atoms with E-state index in [-0.39, 0.29) is 24.1 Å². The molecule has 0 saturated carbocycles. The molecule has 5 heteroatoms. The first kappa shape index (κ1) is 12.9. The molecule has 0 radical (unpaired) electrons. The van der Waals surface area contributed by atoms with Gasteiger partial charge in [-0.2, -0.15) is 0 Å². The summed E-state index contributed by atoms with van der Waals surface area (Å²) < 4.78 is 0. The summed E-state index contributed by atoms with van der Waals surface area (Å²) in [6.07, 6.45) is 0.699. The van der Waals surface area contributed by atoms with Crippen LogP contribution in [0.3, 0.4) is 0 Å². The SMILES string of the molecule is CC[C@@H](N)c1ccccc1[N+](=O)[O-].Cl. The van der Waals surface area contributed by atoms with Crippen molar-refractivity contribution in [2.45, 2.75) is 19.4 Å². The van der Waals surface area contributed by atoms with Crippen molar-refractivity contribution in [1.29, 1.82) is 0 Å². The summed E-state index contributed by atoms with van der Waals surface area (Å²) in [5.74, 6) is 0. The summed E-state index contributed by atoms with van der Waals surface area (Å²) >= 11 is 0. The maximum absolute atomic E-state index is 10.6. The highest BCUT2D eigenvalue weighted by atomic mass is 35.5. The molecule has 1 atom stereocenters. The normalized spacial score (nSPS) is 11.6. The number of rotatable bonds is 3. The van der Waals surface area contributed by atoms with Crippen LogP contribution in [0.15, 0.2) is 24.3 Å². The third kappa shape index (κ3) is 2.68. The molecule has 0 aliphatic rings. The van der Waals surface area contributed by atoms with Crippen molar-refractivity contribution in [2.24, 2.45) is 5.73 Å². The molecular formula is C9H13ClN2O2. The van der Waals surface area contributed by atoms with Crippen molar-refractivity contribution in [3.8, 4) is 0 Å². The molecule has 0 heterocycles. The van der Waals surface area contributed by atoms with Crippen molar-refractivity contribution in [2.75, 3.05) is 0 Å². The van der Waals surface area contributed by atoms with E-state index in [1.54, 1.807) is 18.2 Å². The van der Waals surface area contributed by atoms with Crippen LogP contribution < -0.4 is 5.73 Å². The molecule has 4 nitrogen and oxygen atoms in total. The van der Waals surface area contributed by atoms with Crippen LogP contribution in [0.1, 0.15) is 24.9 Å². The van der Waals surface area contributed by atoms with E-state index < -0.39 is 4.92 Å². The molecule has 0 saturated heterocycles. The topological polar surface area (TPSA) is 69.2 Å². The van der Waals surface area contributed by atoms with E-state index in [1.165, 1.54) is 6.07 Å². The highest BCUT2D eigenvalue weighted by molar-refractivity contribution is 5.85. The highest BCUT2D eigenvalue weighted by Gasteiger charge is 2.16. The number of para-hydroxylation sites is 1. The molecule has 0 amide bonds. The van der Waals surface area contributed by atoms with E-state index in [2.05, 4.69) is 0 Å². The minimum atomic E-state index is -0.398. The second-order valence-electron chi connectivity index (χ2n) is 2.83. The maximum Gasteiger partial charge on any atom is 0.274 e. The second kappa shape index (κ2) is 5.57. The van der Waals surface area contributed by atoms with Gasteiger partial charge in [-0.15, -0.1) is 12.4 Å². The molecule has 78 valence electrons. The zero-order valence-corrected chi connectivity index (χ0v) is 8.66. The highest BCUT2D eigenvalue weighted by Crippen LogP contribution is 2.24. The van der Waals surface area contributed by atoms with E-state index >= 15 is 0 Å². The predicted octanol–water partition coefficient (Wildman–Crippen LogP) is 2.43. The molecule has 0 bridgehead atoms. The molecule has 0 aliphatic heterocycles. The molecule has 0 fully saturated rings. The monoisotopic (exact) mass is 216 g/mol. The lowest BCUT2D eigenvalue weighted by Crippen LogP contribution is -2.10. The molecule has 1 aromatic carbocycles. The number of hydrogen-bond donors (Lipinski definition) is 1. The number of nitrogens with zero attached hydrogens (tertiary/aromatic N) is 1. The molecule has 1 aromatic rings. The average Bonchev–Trinajstić information content (AvgIpc) is 2.16. The van der Waals surface area contributed by atoms with Crippen LogP contribution in [0.25, 0.3) is 0 Å². The lowest BCUT2D eigenvalue weighted by Gasteiger charge is -2.08. The van der Waals surface area contributed by atoms with Gasteiger partial charge in [-0.05, 0) is 6.42 Å². The summed E-state index contributed by atoms with van der Waals surface area (Å²) in [7, 11) is 0. The lowest BCUT2D eigenvalue weighted by atomic mass is 10.0. The standard InChI is InChI=1S/C9H12N2O2.ClH/c1-2-8(10)7-5-3-4-6-9(7)11(12)13;/h3-6,8H,2,10H2,1H3;1H/t8-;/m1./s1. The van der Waals surface area contributed by atoms with E-state index in [0.29, 0.717) is 12.0 Å². The largest absolute Gasteiger partial charge is 0.324 e. The Bertz CT molecular complexity index is 317. The molecule has 0 spiro atoms. The van der Waals surface area contributed by atoms with Crippen LogP contribution in [0, 0.1) is 10.1 Å². The predicted molar refractivity (Wildman–Crippen MR) is 57.6 cm³/mol. The first-order valence-electron chi connectivity index (χ1n) is 4.15. The Labute approximate surface area is 88.7 Å². The zero-order chi connectivity index (χ0) is 9.84. The van der Waals surface area contributed by atoms with E-state index in [0.717, 1.165) is 0 Å². The van der Waals surface area contributed by atoms with Gasteiger partial charge in [0.1, 0.15) is 0 Å². The van der Waals surface area contributed by atoms with Gasteiger partial charge in [0.2, 0.25) is 0 Å². The number of hydrogen-bond acceptors (Lipinski definition) is 3. The average molecular weight is 217 g/mol. The van der Waals surface area contributed by atoms with Gasteiger partial charge in [0.05, 0.1) is 4.92 Å². The van der Waals surface area contributed by atoms with Crippen molar-refractivity contribution < 1.29 is 4.92 Å². The number of nitro benzene ring substituents is 1. The zero-order valence-electron chi connectivity index (χ0n) is 7.84. The van der Waals surface area contributed by atoms with Crippen molar-refractivity contribution in [1.82, 2.24) is 0 Å². The molecule has 14 heavy (non-hydrogen) atoms. The molecule has 0 unspecified atom stereocenters. The quantitative estimate of drug-likeness (QED) is 0.623. The first-order chi connectivity index (χ1) is 6.16. The Balaban J connectivity index is 0.00000169. The van der Waals surface area contributed by atoms with Gasteiger partial charge in [0, 0.05) is 17.7 Å². The Morgan fingerprint density at radius 2 is 2.07 bits per heavy atom. The molecular weight excluding hydrogens is 204 g/mol. The van der Waals surface area contributed by atoms with Crippen molar-refractivity contribution >= 4 is 18.1 Å². The van der Waals surface area contributed by atoms with Gasteiger partial charge >= 0.3 is 0 Å². The first-order valence-corrected chi connectivity index (χ1v) is 4.15. The van der Waals surface area contributed by atoms with Crippen molar-refractivity contribution in [3.05, 3.63) is 39.9 Å². The maximum atomic E-state index is 10.6. The van der Waals surface area contributed by atoms with E-state index in [4.69, 9.17) is 5.73 Å². The third-order valence-electron chi connectivity index (χ3n) is 1.97. The lowest BCUT2D eigenvalue weighted by molar-refractivity contribution is -0.385. The fourth-order valence-electron chi connectivity index (χ4n) is 1.19. The second-order valence-corrected chi connectivity index (χ2v) is 2.83. The van der Waals surface area contributed by atoms with Crippen LogP contribution >= 0.6 is 12.4 Å². The number of nitro groups is 1. The fraction of sp³-hybridized carbons (Fsp3) is 0.333. The summed E-state index contributed by atoms with van der Waals surface area (Å²) in [6.45, 7) is 1.90. The molecule has 2 N–H and O–H groups in total. The summed E-state index contributed by atoms with van der Waals surface area (Å²) in [5, 5.41) is 10.6. The minimum absolute atomic E-state index is 0. The molecule has 0 aromatic heterocycles. The number of nitrogens with two attached hydrogens (primary N) is 1.